The van der Waals surface area contributed by atoms with Crippen LogP contribution in [0.25, 0.3) is 0 Å². The van der Waals surface area contributed by atoms with Crippen molar-refractivity contribution in [2.24, 2.45) is 5.92 Å². The zero-order valence-electron chi connectivity index (χ0n) is 16.3. The number of benzene rings is 1. The molecule has 1 fully saturated rings. The van der Waals surface area contributed by atoms with Crippen LogP contribution in [0.15, 0.2) is 23.1 Å². The second-order valence-corrected chi connectivity index (χ2v) is 9.34. The molecule has 0 aliphatic carbocycles. The van der Waals surface area contributed by atoms with Crippen LogP contribution in [-0.2, 0) is 28.9 Å². The Kier molecular flexibility index (Phi) is 6.92. The number of hydrogen-bond acceptors (Lipinski definition) is 8. The topological polar surface area (TPSA) is 116 Å². The Morgan fingerprint density at radius 3 is 2.37 bits per heavy atom. The van der Waals surface area contributed by atoms with Gasteiger partial charge in [-0.05, 0) is 50.6 Å². The molecule has 0 spiro atoms. The fourth-order valence-electron chi connectivity index (χ4n) is 3.06. The summed E-state index contributed by atoms with van der Waals surface area (Å²) >= 11 is 0. The van der Waals surface area contributed by atoms with Gasteiger partial charge in [0.15, 0.2) is 9.84 Å². The summed E-state index contributed by atoms with van der Waals surface area (Å²) in [4.78, 5) is 35.0. The third kappa shape index (κ3) is 4.81. The van der Waals surface area contributed by atoms with Gasteiger partial charge in [-0.2, -0.15) is 13.2 Å². The van der Waals surface area contributed by atoms with E-state index in [0.717, 1.165) is 7.11 Å². The number of esters is 3. The fourth-order valence-corrected chi connectivity index (χ4v) is 4.34. The number of alkyl halides is 3. The Hall–Kier alpha value is -2.47. The summed E-state index contributed by atoms with van der Waals surface area (Å²) in [5.74, 6) is -6.14. The second-order valence-electron chi connectivity index (χ2n) is 6.87. The molecule has 1 aliphatic rings. The maximum Gasteiger partial charge on any atom is 0.491 e. The SMILES string of the molecule is COC(=O)c1ccc(S(=O)(=O)C(C)C)c(C2NCCC2C(=O)OC(=O)C(F)(F)F)c1. The molecule has 0 amide bonds. The number of carbonyl (C=O) groups is 3. The average Bonchev–Trinajstić information content (AvgIpc) is 3.15. The molecule has 0 saturated carbocycles. The lowest BCUT2D eigenvalue weighted by atomic mass is 9.93. The molecule has 1 N–H and O–H groups in total. The fraction of sp³-hybridized carbons (Fsp3) is 0.500. The lowest BCUT2D eigenvalue weighted by molar-refractivity contribution is -0.203. The minimum atomic E-state index is -5.35. The predicted molar refractivity (Wildman–Crippen MR) is 96.1 cm³/mol. The maximum absolute atomic E-state index is 12.8. The highest BCUT2D eigenvalue weighted by molar-refractivity contribution is 7.92. The van der Waals surface area contributed by atoms with Crippen molar-refractivity contribution in [3.05, 3.63) is 29.3 Å². The molecule has 30 heavy (non-hydrogen) atoms. The number of methoxy groups -OCH3 is 1. The van der Waals surface area contributed by atoms with E-state index in [-0.39, 0.29) is 29.0 Å². The van der Waals surface area contributed by atoms with Crippen LogP contribution in [0.5, 0.6) is 0 Å². The molecule has 0 radical (unpaired) electrons. The van der Waals surface area contributed by atoms with Gasteiger partial charge in [-0.25, -0.2) is 18.0 Å². The standard InChI is InChI=1S/C18H20F3NO7S/c1-9(2)30(26,27)13-5-4-10(15(23)28-3)8-12(13)14-11(6-7-22-14)16(24)29-17(25)18(19,20)21/h4-5,8-9,11,14,22H,6-7H2,1-3H3. The number of ether oxygens (including phenoxy) is 2. The van der Waals surface area contributed by atoms with E-state index in [4.69, 9.17) is 0 Å². The van der Waals surface area contributed by atoms with E-state index in [1.54, 1.807) is 0 Å². The third-order valence-electron chi connectivity index (χ3n) is 4.64. The number of sulfone groups is 1. The Labute approximate surface area is 170 Å². The molecule has 8 nitrogen and oxygen atoms in total. The van der Waals surface area contributed by atoms with Crippen LogP contribution in [0.4, 0.5) is 13.2 Å². The minimum absolute atomic E-state index is 0.00173. The van der Waals surface area contributed by atoms with Crippen molar-refractivity contribution >= 4 is 27.7 Å². The number of nitrogens with one attached hydrogen (secondary N) is 1. The number of hydrogen-bond donors (Lipinski definition) is 1. The van der Waals surface area contributed by atoms with E-state index >= 15 is 0 Å². The molecule has 2 rings (SSSR count). The second kappa shape index (κ2) is 8.72. The van der Waals surface area contributed by atoms with Crippen molar-refractivity contribution in [3.63, 3.8) is 0 Å². The van der Waals surface area contributed by atoms with Crippen LogP contribution in [0, 0.1) is 5.92 Å². The van der Waals surface area contributed by atoms with Crippen molar-refractivity contribution in [1.29, 1.82) is 0 Å². The van der Waals surface area contributed by atoms with Crippen molar-refractivity contribution in [1.82, 2.24) is 5.32 Å². The molecule has 1 aromatic carbocycles. The lowest BCUT2D eigenvalue weighted by Crippen LogP contribution is -2.33. The highest BCUT2D eigenvalue weighted by atomic mass is 32.2. The Balaban J connectivity index is 2.52. The van der Waals surface area contributed by atoms with E-state index in [0.29, 0.717) is 0 Å². The summed E-state index contributed by atoms with van der Waals surface area (Å²) in [6, 6.07) is 2.53. The van der Waals surface area contributed by atoms with E-state index in [2.05, 4.69) is 14.8 Å². The van der Waals surface area contributed by atoms with E-state index in [9.17, 15) is 36.0 Å². The lowest BCUT2D eigenvalue weighted by Gasteiger charge is -2.23. The summed E-state index contributed by atoms with van der Waals surface area (Å²) in [5.41, 5.74) is -0.00657. The molecule has 2 unspecified atom stereocenters. The summed E-state index contributed by atoms with van der Waals surface area (Å²) in [5, 5.41) is 1.99. The third-order valence-corrected chi connectivity index (χ3v) is 6.87. The number of carbonyl (C=O) groups excluding carboxylic acids is 3. The van der Waals surface area contributed by atoms with Gasteiger partial charge in [-0.1, -0.05) is 0 Å². The highest BCUT2D eigenvalue weighted by Crippen LogP contribution is 2.36. The molecule has 12 heteroatoms. The first-order valence-electron chi connectivity index (χ1n) is 8.83. The Morgan fingerprint density at radius 1 is 1.20 bits per heavy atom. The summed E-state index contributed by atoms with van der Waals surface area (Å²) < 4.78 is 71.4. The summed E-state index contributed by atoms with van der Waals surface area (Å²) in [6.45, 7) is 3.01. The Bertz CT molecular complexity index is 957. The monoisotopic (exact) mass is 451 g/mol. The molecule has 1 aromatic rings. The van der Waals surface area contributed by atoms with E-state index < -0.39 is 51.1 Å². The molecular weight excluding hydrogens is 431 g/mol. The molecule has 0 aromatic heterocycles. The predicted octanol–water partition coefficient (Wildman–Crippen LogP) is 1.94. The van der Waals surface area contributed by atoms with Crippen LogP contribution >= 0.6 is 0 Å². The van der Waals surface area contributed by atoms with Gasteiger partial charge in [0.2, 0.25) is 0 Å². The minimum Gasteiger partial charge on any atom is -0.465 e. The van der Waals surface area contributed by atoms with Crippen LogP contribution in [-0.4, -0.2) is 51.4 Å². The number of rotatable bonds is 5. The molecular formula is C18H20F3NO7S. The van der Waals surface area contributed by atoms with Crippen LogP contribution in [0.3, 0.4) is 0 Å². The molecule has 1 aliphatic heterocycles. The first kappa shape index (κ1) is 23.8. The van der Waals surface area contributed by atoms with Crippen molar-refractivity contribution in [2.75, 3.05) is 13.7 Å². The van der Waals surface area contributed by atoms with Crippen LogP contribution < -0.4 is 5.32 Å². The normalized spacial score (nSPS) is 19.6. The van der Waals surface area contributed by atoms with Crippen molar-refractivity contribution in [3.8, 4) is 0 Å². The molecule has 0 bridgehead atoms. The van der Waals surface area contributed by atoms with Crippen molar-refractivity contribution < 1.29 is 45.4 Å². The van der Waals surface area contributed by atoms with Crippen molar-refractivity contribution in [2.45, 2.75) is 42.6 Å². The quantitative estimate of drug-likeness (QED) is 0.534. The van der Waals surface area contributed by atoms with Crippen LogP contribution in [0.2, 0.25) is 0 Å². The Morgan fingerprint density at radius 2 is 1.83 bits per heavy atom. The largest absolute Gasteiger partial charge is 0.491 e. The van der Waals surface area contributed by atoms with Gasteiger partial charge in [0.1, 0.15) is 0 Å². The average molecular weight is 451 g/mol. The van der Waals surface area contributed by atoms with Gasteiger partial charge in [0, 0.05) is 6.04 Å². The molecule has 2 atom stereocenters. The molecule has 1 heterocycles. The molecule has 1 saturated heterocycles. The number of halogens is 3. The first-order valence-corrected chi connectivity index (χ1v) is 10.4. The van der Waals surface area contributed by atoms with Gasteiger partial charge >= 0.3 is 24.1 Å². The smallest absolute Gasteiger partial charge is 0.465 e. The zero-order valence-corrected chi connectivity index (χ0v) is 17.1. The van der Waals surface area contributed by atoms with Gasteiger partial charge in [0.05, 0.1) is 28.7 Å². The molecule has 166 valence electrons. The van der Waals surface area contributed by atoms with Gasteiger partial charge in [-0.3, -0.25) is 4.79 Å². The zero-order chi connectivity index (χ0) is 22.9. The summed E-state index contributed by atoms with van der Waals surface area (Å²) in [6.07, 6.45) is -5.35. The van der Waals surface area contributed by atoms with E-state index in [1.807, 2.05) is 0 Å². The van der Waals surface area contributed by atoms with Crippen LogP contribution in [0.1, 0.15) is 42.2 Å². The highest BCUT2D eigenvalue weighted by Gasteiger charge is 2.46. The van der Waals surface area contributed by atoms with Gasteiger partial charge in [-0.15, -0.1) is 0 Å². The van der Waals surface area contributed by atoms with Gasteiger partial charge < -0.3 is 14.8 Å². The summed E-state index contributed by atoms with van der Waals surface area (Å²) in [7, 11) is -2.76. The maximum atomic E-state index is 12.8. The van der Waals surface area contributed by atoms with Gasteiger partial charge in [0.25, 0.3) is 0 Å². The van der Waals surface area contributed by atoms with E-state index in [1.165, 1.54) is 32.0 Å². The first-order chi connectivity index (χ1) is 13.8.